The predicted molar refractivity (Wildman–Crippen MR) is 90.5 cm³/mol. The summed E-state index contributed by atoms with van der Waals surface area (Å²) in [4.78, 5) is 12.2. The van der Waals surface area contributed by atoms with Crippen LogP contribution < -0.4 is 5.32 Å². The number of hydrogen-bond donors (Lipinski definition) is 1. The van der Waals surface area contributed by atoms with Gasteiger partial charge in [0.1, 0.15) is 5.82 Å². The zero-order chi connectivity index (χ0) is 17.7. The lowest BCUT2D eigenvalue weighted by Crippen LogP contribution is -2.43. The summed E-state index contributed by atoms with van der Waals surface area (Å²) in [5.41, 5.74) is 0.307. The first-order valence-corrected chi connectivity index (χ1v) is 9.84. The quantitative estimate of drug-likeness (QED) is 0.796. The smallest absolute Gasteiger partial charge is 0.243 e. The lowest BCUT2D eigenvalue weighted by molar-refractivity contribution is -0.126. The Balaban J connectivity index is 1.98. The number of amides is 1. The van der Waals surface area contributed by atoms with Crippen molar-refractivity contribution < 1.29 is 17.6 Å². The number of carbonyl (C=O) groups excluding carboxylic acids is 1. The van der Waals surface area contributed by atoms with Gasteiger partial charge in [-0.1, -0.05) is 13.3 Å². The summed E-state index contributed by atoms with van der Waals surface area (Å²) in [6.07, 6.45) is 2.99. The molecule has 0 spiro atoms. The second-order valence-electron chi connectivity index (χ2n) is 6.23. The Morgan fingerprint density at radius 2 is 2.00 bits per heavy atom. The van der Waals surface area contributed by atoms with Gasteiger partial charge in [-0.15, -0.1) is 0 Å². The van der Waals surface area contributed by atoms with E-state index >= 15 is 0 Å². The summed E-state index contributed by atoms with van der Waals surface area (Å²) < 4.78 is 40.0. The molecule has 0 saturated carbocycles. The molecule has 0 atom stereocenters. The molecule has 0 aromatic heterocycles. The highest BCUT2D eigenvalue weighted by molar-refractivity contribution is 7.89. The predicted octanol–water partition coefficient (Wildman–Crippen LogP) is 2.45. The van der Waals surface area contributed by atoms with E-state index in [1.54, 1.807) is 6.92 Å². The number of rotatable bonds is 6. The highest BCUT2D eigenvalue weighted by atomic mass is 32.2. The zero-order valence-electron chi connectivity index (χ0n) is 14.2. The van der Waals surface area contributed by atoms with Crippen LogP contribution >= 0.6 is 0 Å². The van der Waals surface area contributed by atoms with E-state index in [1.807, 2.05) is 0 Å². The fraction of sp³-hybridized carbons (Fsp3) is 0.588. The molecule has 2 rings (SSSR count). The van der Waals surface area contributed by atoms with E-state index in [2.05, 4.69) is 12.2 Å². The maximum absolute atomic E-state index is 13.3. The SMILES string of the molecule is CCCCNC(=O)C1CCN(S(=O)(=O)c2ccc(F)c(C)c2)CC1. The molecule has 24 heavy (non-hydrogen) atoms. The summed E-state index contributed by atoms with van der Waals surface area (Å²) in [5, 5.41) is 2.90. The summed E-state index contributed by atoms with van der Waals surface area (Å²) >= 11 is 0. The molecule has 0 radical (unpaired) electrons. The second kappa shape index (κ2) is 8.07. The maximum Gasteiger partial charge on any atom is 0.243 e. The molecule has 1 fully saturated rings. The molecule has 134 valence electrons. The number of aryl methyl sites for hydroxylation is 1. The third-order valence-electron chi connectivity index (χ3n) is 4.42. The number of benzene rings is 1. The van der Waals surface area contributed by atoms with Gasteiger partial charge in [-0.25, -0.2) is 12.8 Å². The molecule has 5 nitrogen and oxygen atoms in total. The van der Waals surface area contributed by atoms with Crippen molar-refractivity contribution in [1.82, 2.24) is 9.62 Å². The first-order chi connectivity index (χ1) is 11.4. The Morgan fingerprint density at radius 3 is 2.58 bits per heavy atom. The first kappa shape index (κ1) is 18.9. The van der Waals surface area contributed by atoms with Crippen molar-refractivity contribution >= 4 is 15.9 Å². The van der Waals surface area contributed by atoms with Crippen LogP contribution in [-0.2, 0) is 14.8 Å². The van der Waals surface area contributed by atoms with Gasteiger partial charge in [-0.3, -0.25) is 4.79 Å². The number of hydrogen-bond acceptors (Lipinski definition) is 3. The molecule has 1 aromatic rings. The summed E-state index contributed by atoms with van der Waals surface area (Å²) in [7, 11) is -3.64. The molecule has 1 aromatic carbocycles. The van der Waals surface area contributed by atoms with Gasteiger partial charge < -0.3 is 5.32 Å². The minimum absolute atomic E-state index is 0.0122. The molecule has 0 aliphatic carbocycles. The monoisotopic (exact) mass is 356 g/mol. The third kappa shape index (κ3) is 4.33. The summed E-state index contributed by atoms with van der Waals surface area (Å²) in [6, 6.07) is 3.82. The van der Waals surface area contributed by atoms with Crippen molar-refractivity contribution in [2.45, 2.75) is 44.4 Å². The van der Waals surface area contributed by atoms with Crippen LogP contribution in [0.5, 0.6) is 0 Å². The molecule has 1 heterocycles. The van der Waals surface area contributed by atoms with Crippen LogP contribution in [0.4, 0.5) is 4.39 Å². The van der Waals surface area contributed by atoms with Crippen molar-refractivity contribution in [3.05, 3.63) is 29.6 Å². The normalized spacial score (nSPS) is 17.0. The molecule has 7 heteroatoms. The van der Waals surface area contributed by atoms with Gasteiger partial charge in [-0.2, -0.15) is 4.31 Å². The van der Waals surface area contributed by atoms with E-state index in [1.165, 1.54) is 22.5 Å². The Bertz CT molecular complexity index is 683. The molecule has 1 aliphatic heterocycles. The van der Waals surface area contributed by atoms with Crippen molar-refractivity contribution in [2.75, 3.05) is 19.6 Å². The number of piperidine rings is 1. The van der Waals surface area contributed by atoms with Crippen molar-refractivity contribution in [3.8, 4) is 0 Å². The van der Waals surface area contributed by atoms with Crippen LogP contribution in [0, 0.1) is 18.7 Å². The molecule has 1 amide bonds. The molecular formula is C17H25FN2O3S. The fourth-order valence-corrected chi connectivity index (χ4v) is 4.37. The average molecular weight is 356 g/mol. The van der Waals surface area contributed by atoms with E-state index in [9.17, 15) is 17.6 Å². The van der Waals surface area contributed by atoms with Gasteiger partial charge in [-0.05, 0) is 49.9 Å². The van der Waals surface area contributed by atoms with Crippen LogP contribution in [0.25, 0.3) is 0 Å². The maximum atomic E-state index is 13.3. The van der Waals surface area contributed by atoms with Gasteiger partial charge in [0.2, 0.25) is 15.9 Å². The number of unbranched alkanes of at least 4 members (excludes halogenated alkanes) is 1. The molecule has 1 saturated heterocycles. The molecule has 1 N–H and O–H groups in total. The Hall–Kier alpha value is -1.47. The average Bonchev–Trinajstić information content (AvgIpc) is 2.57. The van der Waals surface area contributed by atoms with Gasteiger partial charge in [0.05, 0.1) is 4.90 Å². The van der Waals surface area contributed by atoms with Crippen molar-refractivity contribution in [3.63, 3.8) is 0 Å². The van der Waals surface area contributed by atoms with E-state index in [4.69, 9.17) is 0 Å². The van der Waals surface area contributed by atoms with E-state index in [0.29, 0.717) is 38.0 Å². The fourth-order valence-electron chi connectivity index (χ4n) is 2.82. The van der Waals surface area contributed by atoms with E-state index < -0.39 is 15.8 Å². The zero-order valence-corrected chi connectivity index (χ0v) is 15.0. The topological polar surface area (TPSA) is 66.5 Å². The van der Waals surface area contributed by atoms with Crippen LogP contribution in [0.2, 0.25) is 0 Å². The van der Waals surface area contributed by atoms with Gasteiger partial charge in [0.25, 0.3) is 0 Å². The lowest BCUT2D eigenvalue weighted by Gasteiger charge is -2.30. The number of nitrogens with zero attached hydrogens (tertiary/aromatic N) is 1. The Kier molecular flexibility index (Phi) is 6.34. The highest BCUT2D eigenvalue weighted by Crippen LogP contribution is 2.25. The van der Waals surface area contributed by atoms with Gasteiger partial charge in [0.15, 0.2) is 0 Å². The van der Waals surface area contributed by atoms with Crippen LogP contribution in [0.1, 0.15) is 38.2 Å². The highest BCUT2D eigenvalue weighted by Gasteiger charge is 2.32. The number of halogens is 1. The van der Waals surface area contributed by atoms with Gasteiger partial charge >= 0.3 is 0 Å². The third-order valence-corrected chi connectivity index (χ3v) is 6.32. The van der Waals surface area contributed by atoms with Crippen LogP contribution in [0.3, 0.4) is 0 Å². The number of nitrogens with one attached hydrogen (secondary N) is 1. The minimum atomic E-state index is -3.64. The summed E-state index contributed by atoms with van der Waals surface area (Å²) in [5.74, 6) is -0.544. The van der Waals surface area contributed by atoms with E-state index in [0.717, 1.165) is 12.8 Å². The van der Waals surface area contributed by atoms with E-state index in [-0.39, 0.29) is 16.7 Å². The van der Waals surface area contributed by atoms with Crippen molar-refractivity contribution in [1.29, 1.82) is 0 Å². The Morgan fingerprint density at radius 1 is 1.33 bits per heavy atom. The molecule has 0 bridgehead atoms. The summed E-state index contributed by atoms with van der Waals surface area (Å²) in [6.45, 7) is 4.89. The Labute approximate surface area is 143 Å². The first-order valence-electron chi connectivity index (χ1n) is 8.40. The molecule has 0 unspecified atom stereocenters. The molecular weight excluding hydrogens is 331 g/mol. The minimum Gasteiger partial charge on any atom is -0.356 e. The lowest BCUT2D eigenvalue weighted by atomic mass is 9.97. The largest absolute Gasteiger partial charge is 0.356 e. The second-order valence-corrected chi connectivity index (χ2v) is 8.17. The van der Waals surface area contributed by atoms with Gasteiger partial charge in [0, 0.05) is 25.6 Å². The van der Waals surface area contributed by atoms with Crippen LogP contribution in [-0.4, -0.2) is 38.3 Å². The molecule has 1 aliphatic rings. The number of carbonyl (C=O) groups is 1. The van der Waals surface area contributed by atoms with Crippen LogP contribution in [0.15, 0.2) is 23.1 Å². The number of sulfonamides is 1. The van der Waals surface area contributed by atoms with Crippen molar-refractivity contribution in [2.24, 2.45) is 5.92 Å². The standard InChI is InChI=1S/C17H25FN2O3S/c1-3-4-9-19-17(21)14-7-10-20(11-8-14)24(22,23)15-5-6-16(18)13(2)12-15/h5-6,12,14H,3-4,7-11H2,1-2H3,(H,19,21).